The molecule has 1 aromatic carbocycles. The van der Waals surface area contributed by atoms with Crippen LogP contribution in [0.4, 0.5) is 18.0 Å². The van der Waals surface area contributed by atoms with Crippen LogP contribution in [0.3, 0.4) is 0 Å². The second kappa shape index (κ2) is 16.3. The van der Waals surface area contributed by atoms with Crippen LogP contribution in [0, 0.1) is 17.8 Å². The summed E-state index contributed by atoms with van der Waals surface area (Å²) < 4.78 is 85.6. The molecule has 0 spiro atoms. The number of carbonyl (C=O) groups is 4. The molecule has 0 unspecified atom stereocenters. The summed E-state index contributed by atoms with van der Waals surface area (Å²) in [6.45, 7) is 6.42. The number of nitrogens with one attached hydrogen (secondary N) is 3. The Morgan fingerprint density at radius 1 is 1.14 bits per heavy atom. The van der Waals surface area contributed by atoms with E-state index in [2.05, 4.69) is 20.3 Å². The Morgan fingerprint density at radius 2 is 1.85 bits per heavy atom. The first-order chi connectivity index (χ1) is 27.5. The minimum Gasteiger partial charge on any atom is -0.494 e. The lowest BCUT2D eigenvalue weighted by Crippen LogP contribution is -2.60. The maximum atomic E-state index is 14.9. The van der Waals surface area contributed by atoms with E-state index in [1.54, 1.807) is 31.2 Å². The van der Waals surface area contributed by atoms with Gasteiger partial charge in [-0.3, -0.25) is 19.1 Å². The van der Waals surface area contributed by atoms with Gasteiger partial charge < -0.3 is 29.7 Å². The predicted octanol–water partition coefficient (Wildman–Crippen LogP) is 5.96. The minimum atomic E-state index is -4.92. The maximum absolute atomic E-state index is 14.9. The number of allylic oxidation sites excluding steroid dienone is 1. The Balaban J connectivity index is 1.38. The van der Waals surface area contributed by atoms with Gasteiger partial charge in [0.25, 0.3) is 5.91 Å². The maximum Gasteiger partial charge on any atom is 0.427 e. The van der Waals surface area contributed by atoms with Crippen LogP contribution in [0.2, 0.25) is 5.02 Å². The van der Waals surface area contributed by atoms with E-state index in [0.717, 1.165) is 0 Å². The number of benzene rings is 1. The van der Waals surface area contributed by atoms with Gasteiger partial charge >= 0.3 is 12.3 Å². The summed E-state index contributed by atoms with van der Waals surface area (Å²) in [5.74, 6) is -3.15. The van der Waals surface area contributed by atoms with E-state index in [1.807, 2.05) is 13.0 Å². The lowest BCUT2D eigenvalue weighted by Gasteiger charge is -2.35. The number of pyridine rings is 1. The smallest absolute Gasteiger partial charge is 0.427 e. The molecule has 3 fully saturated rings. The van der Waals surface area contributed by atoms with Gasteiger partial charge in [0.1, 0.15) is 29.5 Å². The third-order valence-corrected chi connectivity index (χ3v) is 14.6. The molecule has 1 saturated heterocycles. The molecule has 6 rings (SSSR count). The molecule has 2 aliphatic carbocycles. The lowest BCUT2D eigenvalue weighted by molar-refractivity contribution is -0.244. The Morgan fingerprint density at radius 3 is 2.49 bits per heavy atom. The number of sulfonamides is 1. The Bertz CT molecular complexity index is 2130. The van der Waals surface area contributed by atoms with Crippen molar-refractivity contribution in [1.29, 1.82) is 0 Å². The molecule has 19 heteroatoms. The fraction of sp³-hybridized carbons (Fsp3) is 0.625. The zero-order valence-corrected chi connectivity index (χ0v) is 35.4. The number of hydrogen-bond acceptors (Lipinski definition) is 10. The second-order valence-corrected chi connectivity index (χ2v) is 19.6. The van der Waals surface area contributed by atoms with Crippen LogP contribution in [-0.4, -0.2) is 96.0 Å². The van der Waals surface area contributed by atoms with Crippen molar-refractivity contribution in [2.24, 2.45) is 17.8 Å². The molecular weight excluding hydrogens is 819 g/mol. The average molecular weight is 870 g/mol. The summed E-state index contributed by atoms with van der Waals surface area (Å²) in [7, 11) is -2.62. The van der Waals surface area contributed by atoms with Gasteiger partial charge in [0.2, 0.25) is 33.3 Å². The molecule has 1 aromatic heterocycles. The highest BCUT2D eigenvalue weighted by Gasteiger charge is 2.63. The largest absolute Gasteiger partial charge is 0.494 e. The van der Waals surface area contributed by atoms with Crippen molar-refractivity contribution >= 4 is 56.2 Å². The lowest BCUT2D eigenvalue weighted by atomic mass is 9.85. The standard InChI is InChI=1S/C40H51ClF3N5O9S/c1-7-23-16-22(2)10-8-9-11-24-19-39(24,35(52)48-59(54,55)38(5)14-15-38)47-32(50)29-18-26(57-33-28-17-25(41)12-13-27(28)30(56-6)20-45-33)21-49(29)34(51)31(23)46-36(53)58-37(3,4)40(42,43)44/h9,11-13,17,20,22-24,26,29,31H,7-8,10,14-16,18-19,21H2,1-6H3,(H,46,53)(H,47,50)(H,48,52)/b11-9+/t22-,23-,24-,26-,29+,31+,39-/m1/s1. The number of alkyl halides is 3. The first kappa shape index (κ1) is 44.2. The molecule has 0 radical (unpaired) electrons. The average Bonchev–Trinajstić information content (AvgIpc) is 4.03. The molecule has 14 nitrogen and oxygen atoms in total. The van der Waals surface area contributed by atoms with Crippen LogP contribution in [-0.2, 0) is 29.1 Å². The quantitative estimate of drug-likeness (QED) is 0.255. The number of carbonyl (C=O) groups excluding carboxylic acids is 4. The van der Waals surface area contributed by atoms with Crippen LogP contribution in [0.5, 0.6) is 11.6 Å². The third-order valence-electron chi connectivity index (χ3n) is 12.2. The molecule has 2 saturated carbocycles. The molecule has 324 valence electrons. The molecule has 2 aliphatic heterocycles. The van der Waals surface area contributed by atoms with Crippen molar-refractivity contribution in [3.8, 4) is 11.6 Å². The van der Waals surface area contributed by atoms with Crippen molar-refractivity contribution in [2.75, 3.05) is 13.7 Å². The van der Waals surface area contributed by atoms with Gasteiger partial charge in [0.05, 0.1) is 24.6 Å². The normalized spacial score (nSPS) is 29.2. The molecule has 4 aliphatic rings. The number of amides is 4. The van der Waals surface area contributed by atoms with E-state index < -0.39 is 85.9 Å². The molecule has 4 amide bonds. The zero-order chi connectivity index (χ0) is 43.3. The molecular formula is C40H51ClF3N5O9S. The molecule has 2 aromatic rings. The number of nitrogens with zero attached hydrogens (tertiary/aromatic N) is 2. The fourth-order valence-electron chi connectivity index (χ4n) is 7.84. The molecule has 3 heterocycles. The summed E-state index contributed by atoms with van der Waals surface area (Å²) in [4.78, 5) is 62.3. The second-order valence-electron chi connectivity index (χ2n) is 17.0. The van der Waals surface area contributed by atoms with E-state index in [9.17, 15) is 40.8 Å². The highest BCUT2D eigenvalue weighted by atomic mass is 35.5. The van der Waals surface area contributed by atoms with Crippen molar-refractivity contribution in [1.82, 2.24) is 25.2 Å². The van der Waals surface area contributed by atoms with Crippen molar-refractivity contribution in [2.45, 2.75) is 126 Å². The summed E-state index contributed by atoms with van der Waals surface area (Å²) >= 11 is 6.34. The Labute approximate surface area is 346 Å². The van der Waals surface area contributed by atoms with E-state index in [0.29, 0.717) is 73.9 Å². The van der Waals surface area contributed by atoms with Crippen LogP contribution in [0.15, 0.2) is 36.5 Å². The number of fused-ring (bicyclic) bond motifs is 3. The molecule has 0 bridgehead atoms. The van der Waals surface area contributed by atoms with Crippen LogP contribution in [0.25, 0.3) is 10.8 Å². The Hall–Kier alpha value is -4.32. The van der Waals surface area contributed by atoms with Gasteiger partial charge in [-0.2, -0.15) is 13.2 Å². The topological polar surface area (TPSA) is 182 Å². The van der Waals surface area contributed by atoms with Crippen LogP contribution >= 0.6 is 11.6 Å². The third kappa shape index (κ3) is 9.08. The van der Waals surface area contributed by atoms with E-state index in [4.69, 9.17) is 25.8 Å². The number of alkyl carbamates (subject to hydrolysis) is 1. The van der Waals surface area contributed by atoms with Gasteiger partial charge in [-0.25, -0.2) is 18.2 Å². The van der Waals surface area contributed by atoms with Crippen molar-refractivity contribution in [3.63, 3.8) is 0 Å². The summed E-state index contributed by atoms with van der Waals surface area (Å²) in [6, 6.07) is 2.21. The van der Waals surface area contributed by atoms with Gasteiger partial charge in [0.15, 0.2) is 0 Å². The highest BCUT2D eigenvalue weighted by Crippen LogP contribution is 2.48. The fourth-order valence-corrected chi connectivity index (χ4v) is 9.32. The van der Waals surface area contributed by atoms with Crippen molar-refractivity contribution in [3.05, 3.63) is 41.6 Å². The zero-order valence-electron chi connectivity index (χ0n) is 33.8. The minimum absolute atomic E-state index is 0.0439. The highest BCUT2D eigenvalue weighted by molar-refractivity contribution is 7.91. The summed E-state index contributed by atoms with van der Waals surface area (Å²) in [5, 5.41) is 6.68. The molecule has 59 heavy (non-hydrogen) atoms. The molecule has 7 atom stereocenters. The van der Waals surface area contributed by atoms with Crippen LogP contribution in [0.1, 0.15) is 86.0 Å². The summed E-state index contributed by atoms with van der Waals surface area (Å²) in [5.41, 5.74) is -4.56. The number of hydrogen-bond donors (Lipinski definition) is 3. The van der Waals surface area contributed by atoms with Crippen LogP contribution < -0.4 is 24.8 Å². The number of halogens is 4. The molecule has 3 N–H and O–H groups in total. The number of ether oxygens (including phenoxy) is 3. The predicted molar refractivity (Wildman–Crippen MR) is 211 cm³/mol. The summed E-state index contributed by atoms with van der Waals surface area (Å²) in [6.07, 6.45) is 0.321. The monoisotopic (exact) mass is 869 g/mol. The van der Waals surface area contributed by atoms with E-state index in [1.165, 1.54) is 25.1 Å². The van der Waals surface area contributed by atoms with Gasteiger partial charge in [-0.15, -0.1) is 0 Å². The number of methoxy groups -OCH3 is 1. The SMILES string of the molecule is CC[C@@H]1C[C@H](C)CC/C=C/[C@@H]2C[C@@]2(C(=O)NS(=O)(=O)C2(C)CC2)NC(=O)[C@@H]2C[C@@H](Oc3ncc(OC)c4ccc(Cl)cc34)CN2C(=O)[C@H]1NC(=O)OC(C)(C)C(F)(F)F. The number of rotatable bonds is 9. The van der Waals surface area contributed by atoms with Gasteiger partial charge in [-0.05, 0) is 89.3 Å². The van der Waals surface area contributed by atoms with E-state index >= 15 is 0 Å². The first-order valence-corrected chi connectivity index (χ1v) is 21.6. The number of aromatic nitrogens is 1. The van der Waals surface area contributed by atoms with Crippen molar-refractivity contribution < 1.29 is 55.0 Å². The Kier molecular flexibility index (Phi) is 12.2. The van der Waals surface area contributed by atoms with Gasteiger partial charge in [-0.1, -0.05) is 44.0 Å². The van der Waals surface area contributed by atoms with E-state index in [-0.39, 0.29) is 31.2 Å². The first-order valence-electron chi connectivity index (χ1n) is 19.8. The van der Waals surface area contributed by atoms with Gasteiger partial charge in [0, 0.05) is 28.1 Å².